The maximum Gasteiger partial charge on any atom is 0.236 e. The minimum atomic E-state index is -3.49. The molecule has 4 rings (SSSR count). The molecule has 7 nitrogen and oxygen atoms in total. The number of rotatable bonds is 5. The summed E-state index contributed by atoms with van der Waals surface area (Å²) in [5.41, 5.74) is 0.839. The fourth-order valence-electron chi connectivity index (χ4n) is 4.49. The molecule has 2 heterocycles. The molecule has 2 saturated heterocycles. The van der Waals surface area contributed by atoms with Crippen molar-refractivity contribution < 1.29 is 18.0 Å². The van der Waals surface area contributed by atoms with E-state index in [0.29, 0.717) is 52.1 Å². The number of amides is 2. The number of carbonyl (C=O) groups excluding carboxylic acids is 2. The van der Waals surface area contributed by atoms with E-state index in [2.05, 4.69) is 0 Å². The predicted molar refractivity (Wildman–Crippen MR) is 119 cm³/mol. The van der Waals surface area contributed by atoms with Gasteiger partial charge in [-0.1, -0.05) is 36.8 Å². The first-order valence-corrected chi connectivity index (χ1v) is 12.8. The van der Waals surface area contributed by atoms with Crippen molar-refractivity contribution in [3.63, 3.8) is 0 Å². The van der Waals surface area contributed by atoms with Crippen LogP contribution in [0.15, 0.2) is 35.7 Å². The maximum absolute atomic E-state index is 12.9. The summed E-state index contributed by atoms with van der Waals surface area (Å²) in [5.74, 6) is 0.413. The van der Waals surface area contributed by atoms with Gasteiger partial charge >= 0.3 is 0 Å². The molecule has 1 aromatic rings. The monoisotopic (exact) mass is 445 g/mol. The Morgan fingerprint density at radius 1 is 0.774 bits per heavy atom. The largest absolute Gasteiger partial charge is 0.339 e. The van der Waals surface area contributed by atoms with Gasteiger partial charge < -0.3 is 9.80 Å². The molecule has 0 aromatic heterocycles. The van der Waals surface area contributed by atoms with E-state index in [0.717, 1.165) is 24.8 Å². The highest BCUT2D eigenvalue weighted by atomic mass is 32.2. The normalized spacial score (nSPS) is 21.9. The highest BCUT2D eigenvalue weighted by molar-refractivity contribution is 7.92. The summed E-state index contributed by atoms with van der Waals surface area (Å²) in [7, 11) is -3.49. The molecule has 2 aliphatic heterocycles. The van der Waals surface area contributed by atoms with Crippen LogP contribution < -0.4 is 0 Å². The molecule has 1 aromatic carbocycles. The van der Waals surface area contributed by atoms with Gasteiger partial charge in [-0.3, -0.25) is 9.59 Å². The van der Waals surface area contributed by atoms with Crippen molar-refractivity contribution in [2.24, 2.45) is 11.8 Å². The van der Waals surface area contributed by atoms with Crippen LogP contribution in [0.2, 0.25) is 0 Å². The van der Waals surface area contributed by atoms with Gasteiger partial charge in [-0.25, -0.2) is 8.42 Å². The van der Waals surface area contributed by atoms with Crippen molar-refractivity contribution in [1.29, 1.82) is 0 Å². The van der Waals surface area contributed by atoms with Gasteiger partial charge in [0.1, 0.15) is 0 Å². The van der Waals surface area contributed by atoms with Crippen LogP contribution in [-0.2, 0) is 19.6 Å². The molecule has 31 heavy (non-hydrogen) atoms. The van der Waals surface area contributed by atoms with Crippen molar-refractivity contribution in [2.75, 3.05) is 39.3 Å². The Labute approximate surface area is 184 Å². The van der Waals surface area contributed by atoms with E-state index in [1.54, 1.807) is 6.08 Å². The summed E-state index contributed by atoms with van der Waals surface area (Å²) >= 11 is 0. The molecule has 3 aliphatic rings. The van der Waals surface area contributed by atoms with Gasteiger partial charge in [-0.05, 0) is 37.3 Å². The molecule has 0 N–H and O–H groups in total. The lowest BCUT2D eigenvalue weighted by molar-refractivity contribution is -0.146. The van der Waals surface area contributed by atoms with Crippen LogP contribution in [0, 0.1) is 11.8 Å². The molecule has 1 aliphatic carbocycles. The third-order valence-corrected chi connectivity index (χ3v) is 8.32. The lowest BCUT2D eigenvalue weighted by Gasteiger charge is -2.40. The van der Waals surface area contributed by atoms with Crippen molar-refractivity contribution in [3.8, 4) is 0 Å². The van der Waals surface area contributed by atoms with Crippen LogP contribution in [-0.4, -0.2) is 73.6 Å². The summed E-state index contributed by atoms with van der Waals surface area (Å²) in [6.45, 7) is 3.10. The van der Waals surface area contributed by atoms with Crippen LogP contribution in [0.1, 0.15) is 37.7 Å². The maximum atomic E-state index is 12.9. The van der Waals surface area contributed by atoms with Gasteiger partial charge in [-0.15, -0.1) is 0 Å². The minimum absolute atomic E-state index is 0.104. The number of piperidine rings is 1. The molecule has 3 fully saturated rings. The summed E-state index contributed by atoms with van der Waals surface area (Å²) < 4.78 is 26.7. The van der Waals surface area contributed by atoms with E-state index in [4.69, 9.17) is 0 Å². The van der Waals surface area contributed by atoms with Crippen molar-refractivity contribution in [3.05, 3.63) is 41.3 Å². The van der Waals surface area contributed by atoms with Crippen LogP contribution in [0.3, 0.4) is 0 Å². The summed E-state index contributed by atoms with van der Waals surface area (Å²) in [5, 5.41) is 1.25. The zero-order valence-corrected chi connectivity index (χ0v) is 18.7. The van der Waals surface area contributed by atoms with E-state index in [-0.39, 0.29) is 23.7 Å². The van der Waals surface area contributed by atoms with Gasteiger partial charge in [0.25, 0.3) is 0 Å². The SMILES string of the molecule is O=C(C1CCC1)N1CCN(C(=O)C2CCN(S(=O)(=O)/C=C/c3ccccc3)CC2)CC1. The number of hydrogen-bond acceptors (Lipinski definition) is 4. The summed E-state index contributed by atoms with van der Waals surface area (Å²) in [6, 6.07) is 9.34. The summed E-state index contributed by atoms with van der Waals surface area (Å²) in [4.78, 5) is 29.1. The second-order valence-electron chi connectivity index (χ2n) is 8.71. The first-order valence-electron chi connectivity index (χ1n) is 11.2. The Morgan fingerprint density at radius 2 is 1.29 bits per heavy atom. The Morgan fingerprint density at radius 3 is 1.77 bits per heavy atom. The quantitative estimate of drug-likeness (QED) is 0.696. The molecular formula is C23H31N3O4S. The molecule has 0 spiro atoms. The van der Waals surface area contributed by atoms with E-state index < -0.39 is 10.0 Å². The third-order valence-electron chi connectivity index (χ3n) is 6.75. The highest BCUT2D eigenvalue weighted by Crippen LogP contribution is 2.29. The van der Waals surface area contributed by atoms with Crippen molar-refractivity contribution in [1.82, 2.24) is 14.1 Å². The van der Waals surface area contributed by atoms with Crippen molar-refractivity contribution >= 4 is 27.9 Å². The van der Waals surface area contributed by atoms with E-state index in [9.17, 15) is 18.0 Å². The van der Waals surface area contributed by atoms with Crippen LogP contribution in [0.4, 0.5) is 0 Å². The molecule has 0 atom stereocenters. The Balaban J connectivity index is 1.25. The molecule has 1 saturated carbocycles. The minimum Gasteiger partial charge on any atom is -0.339 e. The summed E-state index contributed by atoms with van der Waals surface area (Å²) in [6.07, 6.45) is 5.83. The van der Waals surface area contributed by atoms with Crippen LogP contribution >= 0.6 is 0 Å². The number of hydrogen-bond donors (Lipinski definition) is 0. The Kier molecular flexibility index (Phi) is 6.77. The molecular weight excluding hydrogens is 414 g/mol. The van der Waals surface area contributed by atoms with Gasteiger partial charge in [0.05, 0.1) is 0 Å². The van der Waals surface area contributed by atoms with E-state index in [1.165, 1.54) is 9.71 Å². The average molecular weight is 446 g/mol. The van der Waals surface area contributed by atoms with Gasteiger partial charge in [-0.2, -0.15) is 4.31 Å². The van der Waals surface area contributed by atoms with Crippen molar-refractivity contribution in [2.45, 2.75) is 32.1 Å². The smallest absolute Gasteiger partial charge is 0.236 e. The fraction of sp³-hybridized carbons (Fsp3) is 0.565. The number of sulfonamides is 1. The number of nitrogens with zero attached hydrogens (tertiary/aromatic N) is 3. The van der Waals surface area contributed by atoms with Crippen LogP contribution in [0.5, 0.6) is 0 Å². The molecule has 0 radical (unpaired) electrons. The van der Waals surface area contributed by atoms with E-state index in [1.807, 2.05) is 40.1 Å². The third kappa shape index (κ3) is 5.18. The second kappa shape index (κ2) is 9.53. The zero-order chi connectivity index (χ0) is 21.8. The Bertz CT molecular complexity index is 911. The zero-order valence-electron chi connectivity index (χ0n) is 17.9. The lowest BCUT2D eigenvalue weighted by Crippen LogP contribution is -2.54. The number of benzene rings is 1. The predicted octanol–water partition coefficient (Wildman–Crippen LogP) is 2.17. The standard InChI is InChI=1S/C23H31N3O4S/c27-22(20-7-4-8-20)24-14-16-25(17-15-24)23(28)21-9-12-26(13-10-21)31(29,30)18-11-19-5-2-1-3-6-19/h1-3,5-6,11,18,20-21H,4,7-10,12-17H2/b18-11+. The molecule has 168 valence electrons. The molecule has 8 heteroatoms. The average Bonchev–Trinajstić information content (AvgIpc) is 2.77. The second-order valence-corrected chi connectivity index (χ2v) is 10.5. The molecule has 0 unspecified atom stereocenters. The van der Waals surface area contributed by atoms with Crippen LogP contribution in [0.25, 0.3) is 6.08 Å². The first-order chi connectivity index (χ1) is 14.9. The lowest BCUT2D eigenvalue weighted by atomic mass is 9.84. The van der Waals surface area contributed by atoms with E-state index >= 15 is 0 Å². The molecule has 2 amide bonds. The first kappa shape index (κ1) is 22.0. The number of carbonyl (C=O) groups is 2. The molecule has 0 bridgehead atoms. The Hall–Kier alpha value is -2.19. The van der Waals surface area contributed by atoms with Gasteiger partial charge in [0, 0.05) is 56.5 Å². The fourth-order valence-corrected chi connectivity index (χ4v) is 5.71. The highest BCUT2D eigenvalue weighted by Gasteiger charge is 2.35. The van der Waals surface area contributed by atoms with Gasteiger partial charge in [0.2, 0.25) is 21.8 Å². The number of piperazine rings is 1. The topological polar surface area (TPSA) is 78.0 Å². The van der Waals surface area contributed by atoms with Gasteiger partial charge in [0.15, 0.2) is 0 Å².